The predicted molar refractivity (Wildman–Crippen MR) is 79.2 cm³/mol. The van der Waals surface area contributed by atoms with Gasteiger partial charge in [-0.3, -0.25) is 4.79 Å². The highest BCUT2D eigenvalue weighted by molar-refractivity contribution is 7.98. The van der Waals surface area contributed by atoms with Crippen LogP contribution in [0.3, 0.4) is 0 Å². The minimum absolute atomic E-state index is 0.0531. The van der Waals surface area contributed by atoms with Crippen LogP contribution in [0.25, 0.3) is 0 Å². The summed E-state index contributed by atoms with van der Waals surface area (Å²) in [5, 5.41) is 6.12. The van der Waals surface area contributed by atoms with Gasteiger partial charge in [0.15, 0.2) is 0 Å². The van der Waals surface area contributed by atoms with Crippen molar-refractivity contribution >= 4 is 23.4 Å². The quantitative estimate of drug-likeness (QED) is 0.588. The van der Waals surface area contributed by atoms with Gasteiger partial charge in [0.25, 0.3) is 0 Å². The molecule has 0 saturated heterocycles. The van der Waals surface area contributed by atoms with E-state index in [1.807, 2.05) is 25.3 Å². The Morgan fingerprint density at radius 3 is 2.56 bits per heavy atom. The molecule has 100 valence electrons. The maximum Gasteiger partial charge on any atom is 0.242 e. The van der Waals surface area contributed by atoms with Gasteiger partial charge in [-0.1, -0.05) is 13.3 Å². The molecule has 0 spiro atoms. The molecule has 0 aliphatic carbocycles. The van der Waals surface area contributed by atoms with E-state index in [9.17, 15) is 4.79 Å². The summed E-state index contributed by atoms with van der Waals surface area (Å²) >= 11 is 1.71. The molecule has 1 aromatic carbocycles. The fourth-order valence-electron chi connectivity index (χ4n) is 1.54. The number of thioether (sulfide) groups is 1. The average molecular weight is 266 g/mol. The van der Waals surface area contributed by atoms with Gasteiger partial charge >= 0.3 is 0 Å². The fourth-order valence-corrected chi connectivity index (χ4v) is 1.95. The highest BCUT2D eigenvalue weighted by atomic mass is 32.2. The molecular formula is C14H22N2OS. The van der Waals surface area contributed by atoms with Gasteiger partial charge in [0, 0.05) is 17.1 Å². The molecule has 0 aliphatic rings. The first-order valence-electron chi connectivity index (χ1n) is 6.35. The maximum atomic E-state index is 11.8. The third kappa shape index (κ3) is 5.00. The molecule has 1 amide bonds. The van der Waals surface area contributed by atoms with Crippen molar-refractivity contribution in [3.8, 4) is 0 Å². The van der Waals surface area contributed by atoms with Crippen molar-refractivity contribution in [1.29, 1.82) is 0 Å². The third-order valence-electron chi connectivity index (χ3n) is 2.70. The second-order valence-electron chi connectivity index (χ2n) is 4.24. The van der Waals surface area contributed by atoms with E-state index in [0.29, 0.717) is 0 Å². The largest absolute Gasteiger partial charge is 0.374 e. The molecule has 2 N–H and O–H groups in total. The van der Waals surface area contributed by atoms with Crippen LogP contribution < -0.4 is 10.6 Å². The van der Waals surface area contributed by atoms with Crippen LogP contribution >= 0.6 is 11.8 Å². The molecule has 0 bridgehead atoms. The number of unbranched alkanes of at least 4 members (excludes halogenated alkanes) is 1. The van der Waals surface area contributed by atoms with Crippen molar-refractivity contribution in [2.45, 2.75) is 37.6 Å². The topological polar surface area (TPSA) is 41.1 Å². The Morgan fingerprint density at radius 1 is 1.33 bits per heavy atom. The van der Waals surface area contributed by atoms with Gasteiger partial charge in [-0.2, -0.15) is 0 Å². The van der Waals surface area contributed by atoms with Crippen LogP contribution in [0.5, 0.6) is 0 Å². The van der Waals surface area contributed by atoms with E-state index in [2.05, 4.69) is 29.7 Å². The molecule has 0 aromatic heterocycles. The van der Waals surface area contributed by atoms with Crippen molar-refractivity contribution in [1.82, 2.24) is 5.32 Å². The number of hydrogen-bond acceptors (Lipinski definition) is 3. The van der Waals surface area contributed by atoms with E-state index in [-0.39, 0.29) is 11.9 Å². The zero-order valence-corrected chi connectivity index (χ0v) is 12.1. The van der Waals surface area contributed by atoms with Gasteiger partial charge in [-0.25, -0.2) is 0 Å². The number of carbonyl (C=O) groups excluding carboxylic acids is 1. The lowest BCUT2D eigenvalue weighted by atomic mass is 10.2. The first kappa shape index (κ1) is 14.9. The Morgan fingerprint density at radius 2 is 2.00 bits per heavy atom. The molecule has 0 radical (unpaired) electrons. The van der Waals surface area contributed by atoms with Crippen LogP contribution in [-0.2, 0) is 4.79 Å². The van der Waals surface area contributed by atoms with Crippen LogP contribution in [0.1, 0.15) is 26.7 Å². The van der Waals surface area contributed by atoms with Gasteiger partial charge in [-0.05, 0) is 43.9 Å². The Kier molecular flexibility index (Phi) is 6.65. The van der Waals surface area contributed by atoms with Gasteiger partial charge in [0.1, 0.15) is 6.04 Å². The van der Waals surface area contributed by atoms with E-state index < -0.39 is 0 Å². The summed E-state index contributed by atoms with van der Waals surface area (Å²) in [5.41, 5.74) is 0.978. The van der Waals surface area contributed by atoms with Crippen LogP contribution in [0.4, 0.5) is 5.69 Å². The molecular weight excluding hydrogens is 244 g/mol. The molecule has 1 unspecified atom stereocenters. The van der Waals surface area contributed by atoms with Crippen molar-refractivity contribution in [2.24, 2.45) is 0 Å². The number of carbonyl (C=O) groups is 1. The van der Waals surface area contributed by atoms with Gasteiger partial charge in [0.2, 0.25) is 5.91 Å². The van der Waals surface area contributed by atoms with Crippen molar-refractivity contribution in [2.75, 3.05) is 18.1 Å². The summed E-state index contributed by atoms with van der Waals surface area (Å²) in [6.07, 6.45) is 4.17. The number of anilines is 1. The minimum atomic E-state index is -0.206. The Bertz CT molecular complexity index is 365. The maximum absolute atomic E-state index is 11.8. The second-order valence-corrected chi connectivity index (χ2v) is 5.12. The minimum Gasteiger partial charge on any atom is -0.374 e. The van der Waals surface area contributed by atoms with Crippen LogP contribution in [-0.4, -0.2) is 24.7 Å². The van der Waals surface area contributed by atoms with E-state index in [0.717, 1.165) is 25.1 Å². The molecule has 0 saturated carbocycles. The van der Waals surface area contributed by atoms with Crippen molar-refractivity contribution in [3.05, 3.63) is 24.3 Å². The zero-order chi connectivity index (χ0) is 13.4. The van der Waals surface area contributed by atoms with Crippen molar-refractivity contribution in [3.63, 3.8) is 0 Å². The summed E-state index contributed by atoms with van der Waals surface area (Å²) in [5.74, 6) is 0.0531. The first-order chi connectivity index (χ1) is 8.67. The summed E-state index contributed by atoms with van der Waals surface area (Å²) in [6, 6.07) is 7.90. The third-order valence-corrected chi connectivity index (χ3v) is 3.44. The lowest BCUT2D eigenvalue weighted by molar-refractivity contribution is -0.121. The van der Waals surface area contributed by atoms with E-state index >= 15 is 0 Å². The molecule has 1 rings (SSSR count). The summed E-state index contributed by atoms with van der Waals surface area (Å²) < 4.78 is 0. The van der Waals surface area contributed by atoms with E-state index in [1.165, 1.54) is 4.90 Å². The summed E-state index contributed by atoms with van der Waals surface area (Å²) in [7, 11) is 0. The van der Waals surface area contributed by atoms with Gasteiger partial charge < -0.3 is 10.6 Å². The molecule has 4 heteroatoms. The lowest BCUT2D eigenvalue weighted by Crippen LogP contribution is -2.37. The Labute approximate surface area is 114 Å². The normalized spacial score (nSPS) is 11.9. The summed E-state index contributed by atoms with van der Waals surface area (Å²) in [6.45, 7) is 4.75. The van der Waals surface area contributed by atoms with E-state index in [4.69, 9.17) is 0 Å². The average Bonchev–Trinajstić information content (AvgIpc) is 2.39. The number of rotatable bonds is 7. The highest BCUT2D eigenvalue weighted by Crippen LogP contribution is 2.17. The molecule has 0 aliphatic heterocycles. The molecule has 1 aromatic rings. The zero-order valence-electron chi connectivity index (χ0n) is 11.3. The molecule has 18 heavy (non-hydrogen) atoms. The Balaban J connectivity index is 2.42. The first-order valence-corrected chi connectivity index (χ1v) is 7.58. The highest BCUT2D eigenvalue weighted by Gasteiger charge is 2.11. The van der Waals surface area contributed by atoms with Gasteiger partial charge in [0.05, 0.1) is 0 Å². The molecule has 0 heterocycles. The molecule has 1 atom stereocenters. The SMILES string of the molecule is CCCCNC(=O)C(C)Nc1ccc(SC)cc1. The Hall–Kier alpha value is -1.16. The number of hydrogen-bond donors (Lipinski definition) is 2. The van der Waals surface area contributed by atoms with Gasteiger partial charge in [-0.15, -0.1) is 11.8 Å². The number of benzene rings is 1. The van der Waals surface area contributed by atoms with Crippen LogP contribution in [0.15, 0.2) is 29.2 Å². The van der Waals surface area contributed by atoms with Crippen LogP contribution in [0, 0.1) is 0 Å². The summed E-state index contributed by atoms with van der Waals surface area (Å²) in [4.78, 5) is 13.0. The number of nitrogens with one attached hydrogen (secondary N) is 2. The number of amides is 1. The molecule has 3 nitrogen and oxygen atoms in total. The van der Waals surface area contributed by atoms with Crippen LogP contribution in [0.2, 0.25) is 0 Å². The smallest absolute Gasteiger partial charge is 0.242 e. The standard InChI is InChI=1S/C14H22N2OS/c1-4-5-10-15-14(17)11(2)16-12-6-8-13(18-3)9-7-12/h6-9,11,16H,4-5,10H2,1-3H3,(H,15,17). The second kappa shape index (κ2) is 8.03. The molecule has 0 fully saturated rings. The van der Waals surface area contributed by atoms with E-state index in [1.54, 1.807) is 11.8 Å². The van der Waals surface area contributed by atoms with Crippen molar-refractivity contribution < 1.29 is 4.79 Å². The monoisotopic (exact) mass is 266 g/mol. The fraction of sp³-hybridized carbons (Fsp3) is 0.500. The lowest BCUT2D eigenvalue weighted by Gasteiger charge is -2.15. The predicted octanol–water partition coefficient (Wildman–Crippen LogP) is 3.13.